The van der Waals surface area contributed by atoms with Gasteiger partial charge >= 0.3 is 0 Å². The van der Waals surface area contributed by atoms with Crippen molar-refractivity contribution >= 4 is 10.8 Å². The molecule has 0 radical (unpaired) electrons. The molecular formula is C16H20N2. The fourth-order valence-corrected chi connectivity index (χ4v) is 3.30. The van der Waals surface area contributed by atoms with Crippen LogP contribution in [0.3, 0.4) is 0 Å². The molecule has 3 rings (SSSR count). The molecule has 0 bridgehead atoms. The minimum Gasteiger partial charge on any atom is -0.307 e. The van der Waals surface area contributed by atoms with Crippen molar-refractivity contribution in [1.29, 1.82) is 0 Å². The zero-order valence-electron chi connectivity index (χ0n) is 11.1. The van der Waals surface area contributed by atoms with Gasteiger partial charge in [-0.25, -0.2) is 0 Å². The summed E-state index contributed by atoms with van der Waals surface area (Å²) in [5.41, 5.74) is 1.54. The van der Waals surface area contributed by atoms with E-state index in [0.29, 0.717) is 5.92 Å². The average Bonchev–Trinajstić information content (AvgIpc) is 2.88. The number of nitrogens with zero attached hydrogens (tertiary/aromatic N) is 1. The molecule has 94 valence electrons. The third kappa shape index (κ3) is 1.64. The molecule has 1 aromatic heterocycles. The molecule has 0 aliphatic carbocycles. The molecule has 1 N–H and O–H groups in total. The fourth-order valence-electron chi connectivity index (χ4n) is 3.30. The Hall–Kier alpha value is -1.41. The molecule has 18 heavy (non-hydrogen) atoms. The maximum atomic E-state index is 4.31. The summed E-state index contributed by atoms with van der Waals surface area (Å²) in [6.45, 7) is 5.75. The van der Waals surface area contributed by atoms with E-state index < -0.39 is 0 Å². The van der Waals surface area contributed by atoms with E-state index >= 15 is 0 Å². The number of aromatic nitrogens is 1. The Morgan fingerprint density at radius 1 is 1.28 bits per heavy atom. The van der Waals surface area contributed by atoms with E-state index in [9.17, 15) is 0 Å². The third-order valence-corrected chi connectivity index (χ3v) is 4.34. The first-order chi connectivity index (χ1) is 8.74. The summed E-state index contributed by atoms with van der Waals surface area (Å²) in [7, 11) is 0. The number of hydrogen-bond acceptors (Lipinski definition) is 2. The SMILES string of the molecule is CC(C)C1(c2cccc3ccncc23)CCCN1. The molecular weight excluding hydrogens is 220 g/mol. The zero-order valence-corrected chi connectivity index (χ0v) is 11.1. The van der Waals surface area contributed by atoms with Gasteiger partial charge in [-0.15, -0.1) is 0 Å². The molecule has 0 amide bonds. The van der Waals surface area contributed by atoms with E-state index in [-0.39, 0.29) is 5.54 Å². The van der Waals surface area contributed by atoms with Crippen molar-refractivity contribution in [2.45, 2.75) is 32.2 Å². The molecule has 1 aromatic carbocycles. The molecule has 1 atom stereocenters. The Balaban J connectivity index is 2.24. The summed E-state index contributed by atoms with van der Waals surface area (Å²) in [4.78, 5) is 4.31. The Labute approximate surface area is 108 Å². The van der Waals surface area contributed by atoms with Crippen LogP contribution < -0.4 is 5.32 Å². The van der Waals surface area contributed by atoms with Crippen molar-refractivity contribution in [2.75, 3.05) is 6.54 Å². The van der Waals surface area contributed by atoms with Crippen LogP contribution in [0.15, 0.2) is 36.7 Å². The van der Waals surface area contributed by atoms with Crippen LogP contribution in [0.2, 0.25) is 0 Å². The minimum absolute atomic E-state index is 0.128. The monoisotopic (exact) mass is 240 g/mol. The van der Waals surface area contributed by atoms with Gasteiger partial charge in [-0.3, -0.25) is 4.98 Å². The highest BCUT2D eigenvalue weighted by molar-refractivity contribution is 5.85. The van der Waals surface area contributed by atoms with Crippen LogP contribution in [0.5, 0.6) is 0 Å². The number of pyridine rings is 1. The molecule has 2 heteroatoms. The van der Waals surface area contributed by atoms with Crippen molar-refractivity contribution in [2.24, 2.45) is 5.92 Å². The molecule has 1 fully saturated rings. The summed E-state index contributed by atoms with van der Waals surface area (Å²) in [5.74, 6) is 0.589. The highest BCUT2D eigenvalue weighted by Crippen LogP contribution is 2.40. The summed E-state index contributed by atoms with van der Waals surface area (Å²) < 4.78 is 0. The predicted octanol–water partition coefficient (Wildman–Crippen LogP) is 3.47. The number of hydrogen-bond donors (Lipinski definition) is 1. The van der Waals surface area contributed by atoms with Gasteiger partial charge in [0.1, 0.15) is 0 Å². The first kappa shape index (κ1) is 11.7. The first-order valence-electron chi connectivity index (χ1n) is 6.82. The fraction of sp³-hybridized carbons (Fsp3) is 0.438. The Morgan fingerprint density at radius 2 is 2.17 bits per heavy atom. The normalized spacial score (nSPS) is 23.9. The van der Waals surface area contributed by atoms with Crippen LogP contribution in [0.1, 0.15) is 32.3 Å². The van der Waals surface area contributed by atoms with E-state index in [1.807, 2.05) is 12.4 Å². The van der Waals surface area contributed by atoms with Crippen molar-refractivity contribution in [3.05, 3.63) is 42.2 Å². The summed E-state index contributed by atoms with van der Waals surface area (Å²) in [6, 6.07) is 8.70. The van der Waals surface area contributed by atoms with Gasteiger partial charge in [-0.2, -0.15) is 0 Å². The van der Waals surface area contributed by atoms with E-state index in [2.05, 4.69) is 48.4 Å². The van der Waals surface area contributed by atoms with Gasteiger partial charge in [0.2, 0.25) is 0 Å². The van der Waals surface area contributed by atoms with Gasteiger partial charge in [0.15, 0.2) is 0 Å². The largest absolute Gasteiger partial charge is 0.307 e. The summed E-state index contributed by atoms with van der Waals surface area (Å²) in [6.07, 6.45) is 6.36. The van der Waals surface area contributed by atoms with E-state index in [4.69, 9.17) is 0 Å². The van der Waals surface area contributed by atoms with Crippen LogP contribution in [0, 0.1) is 5.92 Å². The third-order valence-electron chi connectivity index (χ3n) is 4.34. The van der Waals surface area contributed by atoms with Crippen LogP contribution in [-0.2, 0) is 5.54 Å². The molecule has 2 heterocycles. The van der Waals surface area contributed by atoms with Gasteiger partial charge in [0.25, 0.3) is 0 Å². The lowest BCUT2D eigenvalue weighted by molar-refractivity contribution is 0.280. The lowest BCUT2D eigenvalue weighted by Gasteiger charge is -2.35. The molecule has 1 aliphatic rings. The van der Waals surface area contributed by atoms with Crippen LogP contribution >= 0.6 is 0 Å². The number of benzene rings is 1. The standard InChI is InChI=1S/C16H20N2/c1-12(2)16(8-4-9-18-16)15-6-3-5-13-7-10-17-11-14(13)15/h3,5-7,10-12,18H,4,8-9H2,1-2H3. The zero-order chi connectivity index (χ0) is 12.6. The molecule has 0 saturated carbocycles. The average molecular weight is 240 g/mol. The summed E-state index contributed by atoms with van der Waals surface area (Å²) >= 11 is 0. The minimum atomic E-state index is 0.128. The number of nitrogens with one attached hydrogen (secondary N) is 1. The molecule has 1 aliphatic heterocycles. The first-order valence-corrected chi connectivity index (χ1v) is 6.82. The highest BCUT2D eigenvalue weighted by atomic mass is 15.0. The quantitative estimate of drug-likeness (QED) is 0.869. The second kappa shape index (κ2) is 4.36. The lowest BCUT2D eigenvalue weighted by atomic mass is 9.77. The van der Waals surface area contributed by atoms with Gasteiger partial charge in [0.05, 0.1) is 0 Å². The van der Waals surface area contributed by atoms with Gasteiger partial charge in [-0.05, 0) is 42.3 Å². The van der Waals surface area contributed by atoms with Crippen LogP contribution in [0.4, 0.5) is 0 Å². The maximum absolute atomic E-state index is 4.31. The number of fused-ring (bicyclic) bond motifs is 1. The van der Waals surface area contributed by atoms with Crippen LogP contribution in [-0.4, -0.2) is 11.5 Å². The molecule has 1 unspecified atom stereocenters. The van der Waals surface area contributed by atoms with Crippen LogP contribution in [0.25, 0.3) is 10.8 Å². The molecule has 1 saturated heterocycles. The van der Waals surface area contributed by atoms with Gasteiger partial charge in [0, 0.05) is 23.3 Å². The Morgan fingerprint density at radius 3 is 2.89 bits per heavy atom. The second-order valence-corrected chi connectivity index (χ2v) is 5.56. The van der Waals surface area contributed by atoms with E-state index in [1.54, 1.807) is 0 Å². The maximum Gasteiger partial charge on any atom is 0.0465 e. The summed E-state index contributed by atoms with van der Waals surface area (Å²) in [5, 5.41) is 6.33. The van der Waals surface area contributed by atoms with Crippen molar-refractivity contribution in [1.82, 2.24) is 10.3 Å². The molecule has 0 spiro atoms. The van der Waals surface area contributed by atoms with Crippen molar-refractivity contribution < 1.29 is 0 Å². The predicted molar refractivity (Wildman–Crippen MR) is 75.5 cm³/mol. The molecule has 2 aromatic rings. The van der Waals surface area contributed by atoms with E-state index in [1.165, 1.54) is 29.2 Å². The molecule has 2 nitrogen and oxygen atoms in total. The second-order valence-electron chi connectivity index (χ2n) is 5.56. The van der Waals surface area contributed by atoms with Gasteiger partial charge in [-0.1, -0.05) is 32.0 Å². The highest BCUT2D eigenvalue weighted by Gasteiger charge is 2.39. The topological polar surface area (TPSA) is 24.9 Å². The van der Waals surface area contributed by atoms with Crippen molar-refractivity contribution in [3.63, 3.8) is 0 Å². The van der Waals surface area contributed by atoms with E-state index in [0.717, 1.165) is 6.54 Å². The Kier molecular flexibility index (Phi) is 2.83. The smallest absolute Gasteiger partial charge is 0.0465 e. The Bertz CT molecular complexity index is 549. The van der Waals surface area contributed by atoms with Gasteiger partial charge < -0.3 is 5.32 Å². The lowest BCUT2D eigenvalue weighted by Crippen LogP contribution is -2.41. The van der Waals surface area contributed by atoms with Crippen molar-refractivity contribution in [3.8, 4) is 0 Å². The number of rotatable bonds is 2.